The minimum atomic E-state index is 0.582. The number of halogens is 1. The fraction of sp³-hybridized carbons (Fsp3) is 0.538. The molecule has 0 saturated carbocycles. The van der Waals surface area contributed by atoms with E-state index < -0.39 is 0 Å². The van der Waals surface area contributed by atoms with Gasteiger partial charge in [-0.2, -0.15) is 0 Å². The first-order valence-electron chi connectivity index (χ1n) is 5.73. The van der Waals surface area contributed by atoms with Crippen molar-refractivity contribution in [1.82, 2.24) is 5.32 Å². The molecule has 1 atom stereocenters. The van der Waals surface area contributed by atoms with Gasteiger partial charge in [-0.25, -0.2) is 0 Å². The van der Waals surface area contributed by atoms with E-state index in [1.807, 2.05) is 12.1 Å². The van der Waals surface area contributed by atoms with E-state index in [2.05, 4.69) is 41.2 Å². The van der Waals surface area contributed by atoms with E-state index in [-0.39, 0.29) is 0 Å². The summed E-state index contributed by atoms with van der Waals surface area (Å²) in [6.07, 6.45) is 2.16. The van der Waals surface area contributed by atoms with E-state index in [1.165, 1.54) is 5.56 Å². The molecule has 0 aromatic heterocycles. The molecule has 1 N–H and O–H groups in total. The first-order chi connectivity index (χ1) is 7.69. The van der Waals surface area contributed by atoms with E-state index >= 15 is 0 Å². The van der Waals surface area contributed by atoms with Gasteiger partial charge in [-0.15, -0.1) is 0 Å². The van der Waals surface area contributed by atoms with Crippen LogP contribution in [0.15, 0.2) is 22.7 Å². The summed E-state index contributed by atoms with van der Waals surface area (Å²) in [6, 6.07) is 6.75. The molecule has 0 bridgehead atoms. The molecule has 1 rings (SSSR count). The summed E-state index contributed by atoms with van der Waals surface area (Å²) in [5.74, 6) is 0.952. The Morgan fingerprint density at radius 2 is 2.19 bits per heavy atom. The summed E-state index contributed by atoms with van der Waals surface area (Å²) < 4.78 is 6.41. The molecule has 0 aliphatic heterocycles. The third kappa shape index (κ3) is 3.80. The average Bonchev–Trinajstić information content (AvgIpc) is 2.29. The highest BCUT2D eigenvalue weighted by atomic mass is 79.9. The molecule has 2 nitrogen and oxygen atoms in total. The molecule has 16 heavy (non-hydrogen) atoms. The van der Waals surface area contributed by atoms with Gasteiger partial charge in [0.2, 0.25) is 0 Å². The van der Waals surface area contributed by atoms with E-state index in [1.54, 1.807) is 7.11 Å². The standard InChI is InChI=1S/C13H20BrNO/c1-4-10(2)15-9-8-11-6-5-7-12(14)13(11)16-3/h5-7,10,15H,4,8-9H2,1-3H3. The van der Waals surface area contributed by atoms with Crippen molar-refractivity contribution in [2.45, 2.75) is 32.7 Å². The Morgan fingerprint density at radius 3 is 2.81 bits per heavy atom. The zero-order valence-electron chi connectivity index (χ0n) is 10.2. The van der Waals surface area contributed by atoms with Crippen LogP contribution < -0.4 is 10.1 Å². The van der Waals surface area contributed by atoms with Crippen molar-refractivity contribution in [3.63, 3.8) is 0 Å². The summed E-state index contributed by atoms with van der Waals surface area (Å²) in [4.78, 5) is 0. The van der Waals surface area contributed by atoms with Gasteiger partial charge in [-0.1, -0.05) is 19.1 Å². The van der Waals surface area contributed by atoms with Crippen LogP contribution in [0.3, 0.4) is 0 Å². The van der Waals surface area contributed by atoms with Gasteiger partial charge in [-0.3, -0.25) is 0 Å². The number of ether oxygens (including phenoxy) is 1. The van der Waals surface area contributed by atoms with Gasteiger partial charge < -0.3 is 10.1 Å². The van der Waals surface area contributed by atoms with E-state index in [0.29, 0.717) is 6.04 Å². The lowest BCUT2D eigenvalue weighted by Gasteiger charge is -2.13. The number of benzene rings is 1. The van der Waals surface area contributed by atoms with Crippen molar-refractivity contribution in [1.29, 1.82) is 0 Å². The highest BCUT2D eigenvalue weighted by Gasteiger charge is 2.06. The van der Waals surface area contributed by atoms with Gasteiger partial charge in [0.05, 0.1) is 11.6 Å². The van der Waals surface area contributed by atoms with Gasteiger partial charge in [0.25, 0.3) is 0 Å². The number of hydrogen-bond donors (Lipinski definition) is 1. The topological polar surface area (TPSA) is 21.3 Å². The Balaban J connectivity index is 2.56. The highest BCUT2D eigenvalue weighted by Crippen LogP contribution is 2.28. The van der Waals surface area contributed by atoms with Crippen molar-refractivity contribution in [3.8, 4) is 5.75 Å². The monoisotopic (exact) mass is 285 g/mol. The lowest BCUT2D eigenvalue weighted by Crippen LogP contribution is -2.27. The van der Waals surface area contributed by atoms with E-state index in [0.717, 1.165) is 29.6 Å². The van der Waals surface area contributed by atoms with Crippen LogP contribution >= 0.6 is 15.9 Å². The van der Waals surface area contributed by atoms with Gasteiger partial charge in [0.1, 0.15) is 5.75 Å². The molecule has 1 aromatic carbocycles. The summed E-state index contributed by atoms with van der Waals surface area (Å²) in [5, 5.41) is 3.48. The highest BCUT2D eigenvalue weighted by molar-refractivity contribution is 9.10. The lowest BCUT2D eigenvalue weighted by molar-refractivity contribution is 0.405. The molecule has 0 amide bonds. The summed E-state index contributed by atoms with van der Waals surface area (Å²) in [7, 11) is 1.71. The van der Waals surface area contributed by atoms with Crippen LogP contribution in [0.5, 0.6) is 5.75 Å². The second kappa shape index (κ2) is 6.92. The van der Waals surface area contributed by atoms with Crippen LogP contribution in [0.1, 0.15) is 25.8 Å². The van der Waals surface area contributed by atoms with Crippen molar-refractivity contribution in [2.24, 2.45) is 0 Å². The third-order valence-corrected chi connectivity index (χ3v) is 3.38. The van der Waals surface area contributed by atoms with Gasteiger partial charge >= 0.3 is 0 Å². The number of nitrogens with one attached hydrogen (secondary N) is 1. The second-order valence-electron chi connectivity index (χ2n) is 3.95. The molecule has 90 valence electrons. The minimum Gasteiger partial charge on any atom is -0.495 e. The summed E-state index contributed by atoms with van der Waals surface area (Å²) in [6.45, 7) is 5.39. The number of methoxy groups -OCH3 is 1. The Labute approximate surface area is 107 Å². The Kier molecular flexibility index (Phi) is 5.85. The van der Waals surface area contributed by atoms with Crippen LogP contribution in [-0.2, 0) is 6.42 Å². The van der Waals surface area contributed by atoms with Crippen LogP contribution in [0.25, 0.3) is 0 Å². The molecule has 1 unspecified atom stereocenters. The normalized spacial score (nSPS) is 12.5. The smallest absolute Gasteiger partial charge is 0.136 e. The molecule has 0 radical (unpaired) electrons. The maximum Gasteiger partial charge on any atom is 0.136 e. The molecule has 1 aromatic rings. The Bertz CT molecular complexity index is 328. The molecule has 0 aliphatic carbocycles. The van der Waals surface area contributed by atoms with Crippen molar-refractivity contribution < 1.29 is 4.74 Å². The Morgan fingerprint density at radius 1 is 1.44 bits per heavy atom. The fourth-order valence-corrected chi connectivity index (χ4v) is 2.15. The lowest BCUT2D eigenvalue weighted by atomic mass is 10.1. The number of hydrogen-bond acceptors (Lipinski definition) is 2. The molecule has 0 heterocycles. The van der Waals surface area contributed by atoms with Crippen LogP contribution in [-0.4, -0.2) is 19.7 Å². The molecule has 0 spiro atoms. The maximum absolute atomic E-state index is 5.39. The van der Waals surface area contributed by atoms with E-state index in [4.69, 9.17) is 4.74 Å². The third-order valence-electron chi connectivity index (χ3n) is 2.75. The van der Waals surface area contributed by atoms with Crippen molar-refractivity contribution in [2.75, 3.05) is 13.7 Å². The van der Waals surface area contributed by atoms with Gasteiger partial charge in [-0.05, 0) is 53.9 Å². The first-order valence-corrected chi connectivity index (χ1v) is 6.53. The van der Waals surface area contributed by atoms with E-state index in [9.17, 15) is 0 Å². The zero-order valence-corrected chi connectivity index (χ0v) is 11.8. The minimum absolute atomic E-state index is 0.582. The zero-order chi connectivity index (χ0) is 12.0. The fourth-order valence-electron chi connectivity index (χ4n) is 1.58. The molecule has 0 aliphatic rings. The number of para-hydroxylation sites is 1. The number of rotatable bonds is 6. The van der Waals surface area contributed by atoms with Gasteiger partial charge in [0, 0.05) is 6.04 Å². The average molecular weight is 286 g/mol. The van der Waals surface area contributed by atoms with Crippen LogP contribution in [0.4, 0.5) is 0 Å². The summed E-state index contributed by atoms with van der Waals surface area (Å²) >= 11 is 3.50. The van der Waals surface area contributed by atoms with Crippen molar-refractivity contribution in [3.05, 3.63) is 28.2 Å². The first kappa shape index (κ1) is 13.5. The molecular formula is C13H20BrNO. The largest absolute Gasteiger partial charge is 0.495 e. The quantitative estimate of drug-likeness (QED) is 0.865. The molecule has 0 saturated heterocycles. The SMILES string of the molecule is CCC(C)NCCc1cccc(Br)c1OC. The van der Waals surface area contributed by atoms with Crippen LogP contribution in [0.2, 0.25) is 0 Å². The second-order valence-corrected chi connectivity index (χ2v) is 4.80. The summed E-state index contributed by atoms with van der Waals surface area (Å²) in [5.41, 5.74) is 1.24. The van der Waals surface area contributed by atoms with Gasteiger partial charge in [0.15, 0.2) is 0 Å². The van der Waals surface area contributed by atoms with Crippen molar-refractivity contribution >= 4 is 15.9 Å². The molecule has 3 heteroatoms. The van der Waals surface area contributed by atoms with Crippen LogP contribution in [0, 0.1) is 0 Å². The maximum atomic E-state index is 5.39. The molecular weight excluding hydrogens is 266 g/mol. The predicted molar refractivity (Wildman–Crippen MR) is 72.2 cm³/mol. The molecule has 0 fully saturated rings. The predicted octanol–water partition coefficient (Wildman–Crippen LogP) is 3.39. The Hall–Kier alpha value is -0.540.